The Balaban J connectivity index is 3.22. The van der Waals surface area contributed by atoms with E-state index in [9.17, 15) is 4.79 Å². The second-order valence-corrected chi connectivity index (χ2v) is 3.16. The lowest BCUT2D eigenvalue weighted by Gasteiger charge is -2.07. The molecule has 0 unspecified atom stereocenters. The van der Waals surface area contributed by atoms with E-state index >= 15 is 0 Å². The van der Waals surface area contributed by atoms with Gasteiger partial charge in [-0.05, 0) is 28.1 Å². The van der Waals surface area contributed by atoms with Crippen LogP contribution in [-0.4, -0.2) is 20.2 Å². The zero-order valence-corrected chi connectivity index (χ0v) is 8.92. The molecule has 0 amide bonds. The molecule has 13 heavy (non-hydrogen) atoms. The Bertz CT molecular complexity index is 323. The second-order valence-electron chi connectivity index (χ2n) is 2.31. The molecule has 0 aliphatic rings. The topological polar surface area (TPSA) is 35.5 Å². The predicted molar refractivity (Wildman–Crippen MR) is 52.0 cm³/mol. The maximum atomic E-state index is 11.3. The Morgan fingerprint density at radius 3 is 2.62 bits per heavy atom. The Morgan fingerprint density at radius 2 is 2.08 bits per heavy atom. The fraction of sp³-hybridized carbons (Fsp3) is 0.222. The number of methoxy groups -OCH3 is 2. The van der Waals surface area contributed by atoms with Crippen LogP contribution in [0.25, 0.3) is 0 Å². The summed E-state index contributed by atoms with van der Waals surface area (Å²) in [5.41, 5.74) is 0.410. The summed E-state index contributed by atoms with van der Waals surface area (Å²) in [7, 11) is 2.84. The van der Waals surface area contributed by atoms with Crippen LogP contribution < -0.4 is 4.74 Å². The van der Waals surface area contributed by atoms with Gasteiger partial charge in [-0.3, -0.25) is 0 Å². The summed E-state index contributed by atoms with van der Waals surface area (Å²) in [6.45, 7) is 0. The van der Waals surface area contributed by atoms with Gasteiger partial charge in [-0.15, -0.1) is 0 Å². The van der Waals surface area contributed by atoms with Crippen molar-refractivity contribution in [2.45, 2.75) is 0 Å². The van der Waals surface area contributed by atoms with Gasteiger partial charge >= 0.3 is 5.97 Å². The summed E-state index contributed by atoms with van der Waals surface area (Å²) < 4.78 is 10.3. The number of hydrogen-bond acceptors (Lipinski definition) is 3. The fourth-order valence-electron chi connectivity index (χ4n) is 0.975. The number of carbonyl (C=O) groups is 1. The van der Waals surface area contributed by atoms with Crippen molar-refractivity contribution in [3.63, 3.8) is 0 Å². The van der Waals surface area contributed by atoms with Crippen LogP contribution in [-0.2, 0) is 4.74 Å². The number of ether oxygens (including phenoxy) is 2. The minimum atomic E-state index is -0.413. The molecule has 3 nitrogen and oxygen atoms in total. The van der Waals surface area contributed by atoms with E-state index < -0.39 is 5.97 Å². The highest BCUT2D eigenvalue weighted by molar-refractivity contribution is 9.10. The molecule has 4 heteroatoms. The van der Waals surface area contributed by atoms with Crippen LogP contribution in [0.2, 0.25) is 0 Å². The number of hydrogen-bond donors (Lipinski definition) is 0. The molecule has 0 fully saturated rings. The standard InChI is InChI=1S/C9H9BrO3/c1-12-7-5-3-4-6(10)8(7)9(11)13-2/h3-5H,1-2H3. The highest BCUT2D eigenvalue weighted by Crippen LogP contribution is 2.26. The van der Waals surface area contributed by atoms with Crippen molar-refractivity contribution < 1.29 is 14.3 Å². The maximum Gasteiger partial charge on any atom is 0.342 e. The van der Waals surface area contributed by atoms with Gasteiger partial charge < -0.3 is 9.47 Å². The van der Waals surface area contributed by atoms with E-state index in [1.807, 2.05) is 0 Å². The smallest absolute Gasteiger partial charge is 0.342 e. The van der Waals surface area contributed by atoms with Gasteiger partial charge in [0.15, 0.2) is 0 Å². The molecule has 0 aromatic heterocycles. The fourth-order valence-corrected chi connectivity index (χ4v) is 1.48. The van der Waals surface area contributed by atoms with Gasteiger partial charge in [-0.1, -0.05) is 6.07 Å². The molecule has 0 bridgehead atoms. The summed E-state index contributed by atoms with van der Waals surface area (Å²) in [5, 5.41) is 0. The van der Waals surface area contributed by atoms with Gasteiger partial charge in [0.25, 0.3) is 0 Å². The van der Waals surface area contributed by atoms with Gasteiger partial charge in [0, 0.05) is 4.47 Å². The molecule has 0 saturated carbocycles. The molecule has 70 valence electrons. The molecule has 0 saturated heterocycles. The lowest BCUT2D eigenvalue weighted by molar-refractivity contribution is 0.0596. The van der Waals surface area contributed by atoms with Crippen LogP contribution in [0.1, 0.15) is 10.4 Å². The zero-order chi connectivity index (χ0) is 9.84. The van der Waals surface area contributed by atoms with Crippen LogP contribution in [0.5, 0.6) is 5.75 Å². The first-order valence-corrected chi connectivity index (χ1v) is 4.40. The van der Waals surface area contributed by atoms with Gasteiger partial charge in [-0.25, -0.2) is 4.79 Å². The van der Waals surface area contributed by atoms with Crippen molar-refractivity contribution in [2.75, 3.05) is 14.2 Å². The number of benzene rings is 1. The third kappa shape index (κ3) is 2.01. The van der Waals surface area contributed by atoms with Crippen molar-refractivity contribution in [1.82, 2.24) is 0 Å². The van der Waals surface area contributed by atoms with Crippen molar-refractivity contribution in [2.24, 2.45) is 0 Å². The van der Waals surface area contributed by atoms with Crippen LogP contribution in [0, 0.1) is 0 Å². The first-order valence-electron chi connectivity index (χ1n) is 3.61. The van der Waals surface area contributed by atoms with Crippen molar-refractivity contribution in [1.29, 1.82) is 0 Å². The average molecular weight is 245 g/mol. The minimum Gasteiger partial charge on any atom is -0.496 e. The molecule has 0 aliphatic heterocycles. The largest absolute Gasteiger partial charge is 0.496 e. The third-order valence-corrected chi connectivity index (χ3v) is 2.25. The summed E-state index contributed by atoms with van der Waals surface area (Å²) in [4.78, 5) is 11.3. The Kier molecular flexibility index (Phi) is 3.31. The summed E-state index contributed by atoms with van der Waals surface area (Å²) in [5.74, 6) is 0.0885. The van der Waals surface area contributed by atoms with E-state index in [0.29, 0.717) is 15.8 Å². The highest BCUT2D eigenvalue weighted by Gasteiger charge is 2.15. The minimum absolute atomic E-state index is 0.410. The molecule has 0 N–H and O–H groups in total. The lowest BCUT2D eigenvalue weighted by Crippen LogP contribution is -2.04. The summed E-state index contributed by atoms with van der Waals surface area (Å²) >= 11 is 3.25. The molecular formula is C9H9BrO3. The van der Waals surface area contributed by atoms with E-state index in [1.54, 1.807) is 18.2 Å². The van der Waals surface area contributed by atoms with E-state index in [-0.39, 0.29) is 0 Å². The highest BCUT2D eigenvalue weighted by atomic mass is 79.9. The predicted octanol–water partition coefficient (Wildman–Crippen LogP) is 2.24. The lowest BCUT2D eigenvalue weighted by atomic mass is 10.2. The zero-order valence-electron chi connectivity index (χ0n) is 7.33. The van der Waals surface area contributed by atoms with Gasteiger partial charge in [0.1, 0.15) is 11.3 Å². The van der Waals surface area contributed by atoms with E-state index in [1.165, 1.54) is 14.2 Å². The SMILES string of the molecule is COC(=O)c1c(Br)cccc1OC. The molecule has 1 rings (SSSR count). The van der Waals surface area contributed by atoms with E-state index in [2.05, 4.69) is 20.7 Å². The third-order valence-electron chi connectivity index (χ3n) is 1.58. The molecule has 1 aromatic carbocycles. The van der Waals surface area contributed by atoms with Crippen LogP contribution in [0.4, 0.5) is 0 Å². The number of carbonyl (C=O) groups excluding carboxylic acids is 1. The average Bonchev–Trinajstić information content (AvgIpc) is 2.16. The normalized spacial score (nSPS) is 9.46. The molecule has 1 aromatic rings. The number of esters is 1. The Labute approximate surface area is 84.8 Å². The van der Waals surface area contributed by atoms with E-state index in [4.69, 9.17) is 4.74 Å². The van der Waals surface area contributed by atoms with Crippen molar-refractivity contribution in [3.05, 3.63) is 28.2 Å². The second kappa shape index (κ2) is 4.28. The van der Waals surface area contributed by atoms with Crippen molar-refractivity contribution in [3.8, 4) is 5.75 Å². The van der Waals surface area contributed by atoms with Crippen LogP contribution in [0.3, 0.4) is 0 Å². The van der Waals surface area contributed by atoms with E-state index in [0.717, 1.165) is 0 Å². The van der Waals surface area contributed by atoms with Gasteiger partial charge in [0.05, 0.1) is 14.2 Å². The van der Waals surface area contributed by atoms with Gasteiger partial charge in [-0.2, -0.15) is 0 Å². The molecule has 0 radical (unpaired) electrons. The number of rotatable bonds is 2. The molecular weight excluding hydrogens is 236 g/mol. The Morgan fingerprint density at radius 1 is 1.38 bits per heavy atom. The molecule has 0 aliphatic carbocycles. The quantitative estimate of drug-likeness (QED) is 0.749. The van der Waals surface area contributed by atoms with Crippen LogP contribution in [0.15, 0.2) is 22.7 Å². The maximum absolute atomic E-state index is 11.3. The van der Waals surface area contributed by atoms with Crippen molar-refractivity contribution >= 4 is 21.9 Å². The number of halogens is 1. The molecule has 0 heterocycles. The van der Waals surface area contributed by atoms with Gasteiger partial charge in [0.2, 0.25) is 0 Å². The first-order chi connectivity index (χ1) is 6.20. The molecule has 0 atom stereocenters. The summed E-state index contributed by atoms with van der Waals surface area (Å²) in [6, 6.07) is 5.25. The summed E-state index contributed by atoms with van der Waals surface area (Å²) in [6.07, 6.45) is 0. The van der Waals surface area contributed by atoms with Crippen LogP contribution >= 0.6 is 15.9 Å². The monoisotopic (exact) mass is 244 g/mol. The molecule has 0 spiro atoms. The first kappa shape index (κ1) is 10.1. The Hall–Kier alpha value is -1.03.